The number of hydrogen-bond donors (Lipinski definition) is 0. The molecule has 4 nitrogen and oxygen atoms in total. The quantitative estimate of drug-likeness (QED) is 0.291. The number of ether oxygens (including phenoxy) is 2. The number of fused-ring (bicyclic) bond motifs is 1. The maximum atomic E-state index is 14.3. The van der Waals surface area contributed by atoms with E-state index in [0.717, 1.165) is 17.7 Å². The van der Waals surface area contributed by atoms with Crippen molar-refractivity contribution in [3.8, 4) is 5.75 Å². The Kier molecular flexibility index (Phi) is 6.92. The third kappa shape index (κ3) is 5.26. The number of esters is 1. The van der Waals surface area contributed by atoms with Gasteiger partial charge in [0.05, 0.1) is 23.4 Å². The molecule has 1 aromatic heterocycles. The topological polar surface area (TPSA) is 48.4 Å². The van der Waals surface area contributed by atoms with Crippen LogP contribution in [0.2, 0.25) is 0 Å². The Hall–Kier alpha value is -4.13. The number of pyridine rings is 1. The zero-order chi connectivity index (χ0) is 24.1. The van der Waals surface area contributed by atoms with Crippen LogP contribution >= 0.6 is 0 Å². The molecule has 0 amide bonds. The summed E-state index contributed by atoms with van der Waals surface area (Å²) in [5.74, 6) is -2.50. The average Bonchev–Trinajstić information content (AvgIpc) is 2.83. The molecule has 0 aliphatic rings. The fourth-order valence-electron chi connectivity index (χ4n) is 3.34. The first-order chi connectivity index (χ1) is 16.4. The maximum Gasteiger partial charge on any atom is 0.338 e. The van der Waals surface area contributed by atoms with E-state index in [1.54, 1.807) is 49.4 Å². The third-order valence-corrected chi connectivity index (χ3v) is 5.08. The molecule has 7 heteroatoms. The van der Waals surface area contributed by atoms with Gasteiger partial charge in [-0.3, -0.25) is 0 Å². The first-order valence-electron chi connectivity index (χ1n) is 10.6. The van der Waals surface area contributed by atoms with Crippen LogP contribution in [-0.2, 0) is 11.3 Å². The van der Waals surface area contributed by atoms with Crippen LogP contribution in [0.1, 0.15) is 34.1 Å². The maximum absolute atomic E-state index is 14.3. The number of hydrogen-bond acceptors (Lipinski definition) is 4. The minimum atomic E-state index is -0.943. The summed E-state index contributed by atoms with van der Waals surface area (Å²) in [5.41, 5.74) is 2.05. The van der Waals surface area contributed by atoms with E-state index < -0.39 is 23.4 Å². The first kappa shape index (κ1) is 23.0. The first-order valence-corrected chi connectivity index (χ1v) is 10.6. The SMILES string of the molecule is CCOC(=O)c1cccc(F)c1COc1ccc(C=Cc2ccc3cc(F)c(F)cc3n2)cc1. The molecule has 1 heterocycles. The van der Waals surface area contributed by atoms with Crippen molar-refractivity contribution in [3.05, 3.63) is 107 Å². The molecule has 0 fully saturated rings. The molecule has 0 aliphatic carbocycles. The summed E-state index contributed by atoms with van der Waals surface area (Å²) >= 11 is 0. The predicted octanol–water partition coefficient (Wildman–Crippen LogP) is 6.58. The highest BCUT2D eigenvalue weighted by molar-refractivity contribution is 5.91. The Balaban J connectivity index is 1.44. The minimum absolute atomic E-state index is 0.128. The highest BCUT2D eigenvalue weighted by Crippen LogP contribution is 2.21. The van der Waals surface area contributed by atoms with E-state index in [9.17, 15) is 18.0 Å². The molecule has 0 spiro atoms. The van der Waals surface area contributed by atoms with Crippen LogP contribution in [0.25, 0.3) is 23.1 Å². The molecule has 34 heavy (non-hydrogen) atoms. The van der Waals surface area contributed by atoms with Crippen molar-refractivity contribution < 1.29 is 27.4 Å². The van der Waals surface area contributed by atoms with E-state index >= 15 is 0 Å². The average molecular weight is 463 g/mol. The Labute approximate surface area is 194 Å². The molecule has 0 saturated heterocycles. The molecular weight excluding hydrogens is 443 g/mol. The fraction of sp³-hybridized carbons (Fsp3) is 0.111. The van der Waals surface area contributed by atoms with Crippen LogP contribution in [0, 0.1) is 17.5 Å². The lowest BCUT2D eigenvalue weighted by Crippen LogP contribution is -2.11. The van der Waals surface area contributed by atoms with Gasteiger partial charge in [-0.15, -0.1) is 0 Å². The van der Waals surface area contributed by atoms with Gasteiger partial charge >= 0.3 is 5.97 Å². The molecule has 4 aromatic rings. The Morgan fingerprint density at radius 1 is 0.912 bits per heavy atom. The predicted molar refractivity (Wildman–Crippen MR) is 124 cm³/mol. The number of benzene rings is 3. The largest absolute Gasteiger partial charge is 0.489 e. The molecule has 0 atom stereocenters. The van der Waals surface area contributed by atoms with Crippen molar-refractivity contribution in [2.75, 3.05) is 6.61 Å². The van der Waals surface area contributed by atoms with E-state index in [1.807, 2.05) is 6.08 Å². The molecule has 0 unspecified atom stereocenters. The van der Waals surface area contributed by atoms with Crippen LogP contribution in [0.5, 0.6) is 5.75 Å². The highest BCUT2D eigenvalue weighted by atomic mass is 19.2. The van der Waals surface area contributed by atoms with E-state index in [4.69, 9.17) is 9.47 Å². The summed E-state index contributed by atoms with van der Waals surface area (Å²) in [6, 6.07) is 16.8. The lowest BCUT2D eigenvalue weighted by Gasteiger charge is -2.11. The minimum Gasteiger partial charge on any atom is -0.489 e. The Morgan fingerprint density at radius 2 is 1.68 bits per heavy atom. The highest BCUT2D eigenvalue weighted by Gasteiger charge is 2.16. The Bertz CT molecular complexity index is 1370. The van der Waals surface area contributed by atoms with Gasteiger partial charge in [-0.2, -0.15) is 0 Å². The van der Waals surface area contributed by atoms with Gasteiger partial charge in [0.2, 0.25) is 0 Å². The fourth-order valence-corrected chi connectivity index (χ4v) is 3.34. The van der Waals surface area contributed by atoms with Crippen LogP contribution in [0.4, 0.5) is 13.2 Å². The summed E-state index contributed by atoms with van der Waals surface area (Å²) in [6.07, 6.45) is 3.56. The molecule has 0 aliphatic heterocycles. The van der Waals surface area contributed by atoms with E-state index in [2.05, 4.69) is 4.98 Å². The number of rotatable bonds is 7. The molecule has 0 bridgehead atoms. The summed E-state index contributed by atoms with van der Waals surface area (Å²) in [5, 5.41) is 0.513. The standard InChI is InChI=1S/C27H20F3NO3/c1-2-33-27(32)21-4-3-5-23(28)22(21)16-34-20-12-7-17(8-13-20)6-10-19-11-9-18-14-24(29)25(30)15-26(18)31-19/h3-15H,2,16H2,1H3. The van der Waals surface area contributed by atoms with Gasteiger partial charge in [0, 0.05) is 17.0 Å². The van der Waals surface area contributed by atoms with Gasteiger partial charge in [-0.25, -0.2) is 22.9 Å². The number of halogens is 3. The second kappa shape index (κ2) is 10.2. The van der Waals surface area contributed by atoms with Crippen LogP contribution in [-0.4, -0.2) is 17.6 Å². The van der Waals surface area contributed by atoms with Crippen molar-refractivity contribution in [2.45, 2.75) is 13.5 Å². The molecule has 4 rings (SSSR count). The van der Waals surface area contributed by atoms with Crippen LogP contribution < -0.4 is 4.74 Å². The summed E-state index contributed by atoms with van der Waals surface area (Å²) < 4.78 is 51.7. The summed E-state index contributed by atoms with van der Waals surface area (Å²) in [7, 11) is 0. The van der Waals surface area contributed by atoms with E-state index in [0.29, 0.717) is 22.3 Å². The Morgan fingerprint density at radius 3 is 2.44 bits per heavy atom. The van der Waals surface area contributed by atoms with Crippen molar-refractivity contribution in [3.63, 3.8) is 0 Å². The molecular formula is C27H20F3NO3. The van der Waals surface area contributed by atoms with Crippen molar-refractivity contribution in [1.82, 2.24) is 4.98 Å². The van der Waals surface area contributed by atoms with Gasteiger partial charge in [0.25, 0.3) is 0 Å². The lowest BCUT2D eigenvalue weighted by molar-refractivity contribution is 0.0522. The summed E-state index contributed by atoms with van der Waals surface area (Å²) in [4.78, 5) is 16.4. The molecule has 172 valence electrons. The molecule has 0 saturated carbocycles. The second-order valence-corrected chi connectivity index (χ2v) is 7.37. The number of carbonyl (C=O) groups excluding carboxylic acids is 1. The van der Waals surface area contributed by atoms with Gasteiger partial charge in [0.1, 0.15) is 18.2 Å². The van der Waals surface area contributed by atoms with Crippen LogP contribution in [0.15, 0.2) is 66.7 Å². The summed E-state index contributed by atoms with van der Waals surface area (Å²) in [6.45, 7) is 1.74. The van der Waals surface area contributed by atoms with E-state index in [-0.39, 0.29) is 24.3 Å². The monoisotopic (exact) mass is 463 g/mol. The van der Waals surface area contributed by atoms with Gasteiger partial charge in [-0.1, -0.05) is 30.3 Å². The van der Waals surface area contributed by atoms with Crippen LogP contribution in [0.3, 0.4) is 0 Å². The molecule has 3 aromatic carbocycles. The van der Waals surface area contributed by atoms with Crippen molar-refractivity contribution >= 4 is 29.0 Å². The lowest BCUT2D eigenvalue weighted by atomic mass is 10.1. The zero-order valence-electron chi connectivity index (χ0n) is 18.2. The smallest absolute Gasteiger partial charge is 0.338 e. The van der Waals surface area contributed by atoms with Crippen molar-refractivity contribution in [1.29, 1.82) is 0 Å². The van der Waals surface area contributed by atoms with Crippen molar-refractivity contribution in [2.24, 2.45) is 0 Å². The van der Waals surface area contributed by atoms with Gasteiger partial charge < -0.3 is 9.47 Å². The third-order valence-electron chi connectivity index (χ3n) is 5.08. The zero-order valence-corrected chi connectivity index (χ0v) is 18.2. The number of carbonyl (C=O) groups is 1. The van der Waals surface area contributed by atoms with E-state index in [1.165, 1.54) is 18.2 Å². The number of aromatic nitrogens is 1. The number of nitrogens with zero attached hydrogens (tertiary/aromatic N) is 1. The molecule has 0 N–H and O–H groups in total. The second-order valence-electron chi connectivity index (χ2n) is 7.37. The van der Waals surface area contributed by atoms with Gasteiger partial charge in [-0.05, 0) is 55.0 Å². The van der Waals surface area contributed by atoms with Gasteiger partial charge in [0.15, 0.2) is 11.6 Å². The molecule has 0 radical (unpaired) electrons. The normalized spacial score (nSPS) is 11.2.